The molecule has 2 aromatic rings. The Morgan fingerprint density at radius 2 is 2.17 bits per heavy atom. The first-order chi connectivity index (χ1) is 5.68. The molecule has 0 bridgehead atoms. The van der Waals surface area contributed by atoms with Crippen molar-refractivity contribution in [1.29, 1.82) is 0 Å². The summed E-state index contributed by atoms with van der Waals surface area (Å²) in [6, 6.07) is 5.79. The molecule has 0 nitrogen and oxygen atoms in total. The number of benzene rings is 1. The van der Waals surface area contributed by atoms with Gasteiger partial charge in [-0.2, -0.15) is 4.39 Å². The zero-order chi connectivity index (χ0) is 8.72. The molecule has 0 aliphatic rings. The fourth-order valence-electron chi connectivity index (χ4n) is 1.01. The van der Waals surface area contributed by atoms with Crippen LogP contribution in [0.25, 0.3) is 10.1 Å². The molecule has 0 fully saturated rings. The summed E-state index contributed by atoms with van der Waals surface area (Å²) in [5.74, 6) is 0. The van der Waals surface area contributed by atoms with Crippen LogP contribution in [0.15, 0.2) is 22.7 Å². The van der Waals surface area contributed by atoms with E-state index in [1.54, 1.807) is 0 Å². The van der Waals surface area contributed by atoms with Crippen molar-refractivity contribution in [2.24, 2.45) is 0 Å². The van der Waals surface area contributed by atoms with Gasteiger partial charge in [0, 0.05) is 14.6 Å². The maximum atomic E-state index is 13.1. The molecule has 0 N–H and O–H groups in total. The van der Waals surface area contributed by atoms with Gasteiger partial charge in [0.15, 0.2) is 5.13 Å². The molecule has 0 spiro atoms. The predicted molar refractivity (Wildman–Crippen MR) is 62.2 cm³/mol. The number of fused-ring (bicyclic) bond motifs is 1. The summed E-state index contributed by atoms with van der Waals surface area (Å²) in [6.07, 6.45) is 0. The van der Waals surface area contributed by atoms with E-state index in [0.29, 0.717) is 0 Å². The summed E-state index contributed by atoms with van der Waals surface area (Å²) in [5, 5.41) is 0.907. The predicted octanol–water partition coefficient (Wildman–Crippen LogP) is 4.41. The Bertz CT molecular complexity index is 438. The summed E-state index contributed by atoms with van der Waals surface area (Å²) >= 11 is 6.57. The molecule has 0 saturated carbocycles. The Morgan fingerprint density at radius 1 is 1.42 bits per heavy atom. The number of halogens is 3. The fourth-order valence-corrected chi connectivity index (χ4v) is 3.36. The third-order valence-corrected chi connectivity index (χ3v) is 4.41. The standard InChI is InChI=1S/C8H3BrFIS/c9-4-1-2-5-6(3-4)12-8(10)7(5)11/h1-3H. The summed E-state index contributed by atoms with van der Waals surface area (Å²) in [5.41, 5.74) is 0. The fraction of sp³-hybridized carbons (Fsp3) is 0. The molecule has 4 heteroatoms. The third-order valence-electron chi connectivity index (χ3n) is 1.55. The van der Waals surface area contributed by atoms with Gasteiger partial charge in [0.1, 0.15) is 0 Å². The minimum absolute atomic E-state index is 0.0938. The maximum absolute atomic E-state index is 13.1. The Labute approximate surface area is 95.0 Å². The molecule has 0 saturated heterocycles. The minimum Gasteiger partial charge on any atom is -0.194 e. The van der Waals surface area contributed by atoms with E-state index in [1.165, 1.54) is 11.3 Å². The van der Waals surface area contributed by atoms with Crippen LogP contribution in [0, 0.1) is 8.70 Å². The first-order valence-electron chi connectivity index (χ1n) is 3.21. The number of thiophene rings is 1. The largest absolute Gasteiger partial charge is 0.194 e. The van der Waals surface area contributed by atoms with Gasteiger partial charge in [-0.25, -0.2) is 0 Å². The van der Waals surface area contributed by atoms with Gasteiger partial charge in [-0.05, 0) is 34.7 Å². The number of hydrogen-bond donors (Lipinski definition) is 0. The Hall–Kier alpha value is 0.320. The van der Waals surface area contributed by atoms with Crippen LogP contribution in [-0.2, 0) is 0 Å². The average Bonchev–Trinajstić information content (AvgIpc) is 2.28. The summed E-state index contributed by atoms with van der Waals surface area (Å²) in [6.45, 7) is 0. The SMILES string of the molecule is Fc1sc2cc(Br)ccc2c1I. The second-order valence-electron chi connectivity index (χ2n) is 2.33. The molecule has 0 radical (unpaired) electrons. The molecule has 0 aliphatic carbocycles. The highest BCUT2D eigenvalue weighted by atomic mass is 127. The molecule has 1 aromatic carbocycles. The summed E-state index contributed by atoms with van der Waals surface area (Å²) in [4.78, 5) is 0. The molecule has 62 valence electrons. The van der Waals surface area contributed by atoms with Crippen molar-refractivity contribution in [2.45, 2.75) is 0 Å². The van der Waals surface area contributed by atoms with Crippen molar-refractivity contribution in [3.63, 3.8) is 0 Å². The Morgan fingerprint density at radius 3 is 2.92 bits per heavy atom. The van der Waals surface area contributed by atoms with E-state index in [4.69, 9.17) is 0 Å². The lowest BCUT2D eigenvalue weighted by molar-refractivity contribution is 0.652. The van der Waals surface area contributed by atoms with E-state index in [9.17, 15) is 4.39 Å². The number of hydrogen-bond acceptors (Lipinski definition) is 1. The summed E-state index contributed by atoms with van der Waals surface area (Å²) in [7, 11) is 0. The molecular weight excluding hydrogens is 354 g/mol. The van der Waals surface area contributed by atoms with Gasteiger partial charge in [-0.1, -0.05) is 22.0 Å². The Kier molecular flexibility index (Phi) is 2.39. The smallest absolute Gasteiger partial charge is 0.190 e. The van der Waals surface area contributed by atoms with Crippen LogP contribution in [-0.4, -0.2) is 0 Å². The van der Waals surface area contributed by atoms with Crippen LogP contribution in [0.2, 0.25) is 0 Å². The van der Waals surface area contributed by atoms with Gasteiger partial charge in [0.25, 0.3) is 0 Å². The van der Waals surface area contributed by atoms with Crippen molar-refractivity contribution in [2.75, 3.05) is 0 Å². The monoisotopic (exact) mass is 356 g/mol. The minimum atomic E-state index is -0.0938. The van der Waals surface area contributed by atoms with Crippen LogP contribution in [0.4, 0.5) is 4.39 Å². The van der Waals surface area contributed by atoms with E-state index in [1.807, 2.05) is 40.8 Å². The normalized spacial score (nSPS) is 10.9. The second-order valence-corrected chi connectivity index (χ2v) is 5.33. The molecule has 0 unspecified atom stereocenters. The number of rotatable bonds is 0. The topological polar surface area (TPSA) is 0 Å². The maximum Gasteiger partial charge on any atom is 0.190 e. The van der Waals surface area contributed by atoms with E-state index in [0.717, 1.165) is 18.1 Å². The van der Waals surface area contributed by atoms with Crippen LogP contribution < -0.4 is 0 Å². The van der Waals surface area contributed by atoms with Crippen molar-refractivity contribution >= 4 is 59.9 Å². The van der Waals surface area contributed by atoms with Crippen molar-refractivity contribution in [3.8, 4) is 0 Å². The van der Waals surface area contributed by atoms with E-state index >= 15 is 0 Å². The zero-order valence-corrected chi connectivity index (χ0v) is 10.3. The molecule has 1 heterocycles. The van der Waals surface area contributed by atoms with Gasteiger partial charge < -0.3 is 0 Å². The van der Waals surface area contributed by atoms with Crippen LogP contribution in [0.1, 0.15) is 0 Å². The zero-order valence-electron chi connectivity index (χ0n) is 5.77. The van der Waals surface area contributed by atoms with Gasteiger partial charge in [-0.15, -0.1) is 11.3 Å². The first kappa shape index (κ1) is 8.90. The molecular formula is C8H3BrFIS. The molecule has 1 aromatic heterocycles. The lowest BCUT2D eigenvalue weighted by Gasteiger charge is -1.90. The van der Waals surface area contributed by atoms with Gasteiger partial charge in [0.05, 0.1) is 3.57 Å². The lowest BCUT2D eigenvalue weighted by Crippen LogP contribution is -1.69. The Balaban J connectivity index is 2.87. The van der Waals surface area contributed by atoms with E-state index in [2.05, 4.69) is 15.9 Å². The lowest BCUT2D eigenvalue weighted by atomic mass is 10.3. The quantitative estimate of drug-likeness (QED) is 0.613. The molecule has 0 atom stereocenters. The van der Waals surface area contributed by atoms with Crippen LogP contribution in [0.3, 0.4) is 0 Å². The highest BCUT2D eigenvalue weighted by Gasteiger charge is 2.08. The van der Waals surface area contributed by atoms with Crippen molar-refractivity contribution in [1.82, 2.24) is 0 Å². The first-order valence-corrected chi connectivity index (χ1v) is 5.90. The van der Waals surface area contributed by atoms with Gasteiger partial charge in [0.2, 0.25) is 0 Å². The molecule has 2 rings (SSSR count). The summed E-state index contributed by atoms with van der Waals surface area (Å²) < 4.78 is 15.8. The van der Waals surface area contributed by atoms with Crippen molar-refractivity contribution < 1.29 is 4.39 Å². The second kappa shape index (κ2) is 3.23. The highest BCUT2D eigenvalue weighted by Crippen LogP contribution is 2.32. The molecule has 0 amide bonds. The van der Waals surface area contributed by atoms with E-state index in [-0.39, 0.29) is 5.13 Å². The highest BCUT2D eigenvalue weighted by molar-refractivity contribution is 14.1. The average molecular weight is 357 g/mol. The van der Waals surface area contributed by atoms with Gasteiger partial charge >= 0.3 is 0 Å². The van der Waals surface area contributed by atoms with E-state index < -0.39 is 0 Å². The van der Waals surface area contributed by atoms with Gasteiger partial charge in [-0.3, -0.25) is 0 Å². The van der Waals surface area contributed by atoms with Crippen molar-refractivity contribution in [3.05, 3.63) is 31.4 Å². The molecule has 12 heavy (non-hydrogen) atoms. The third kappa shape index (κ3) is 1.40. The molecule has 0 aliphatic heterocycles. The van der Waals surface area contributed by atoms with Crippen LogP contribution >= 0.6 is 49.9 Å². The van der Waals surface area contributed by atoms with Crippen LogP contribution in [0.5, 0.6) is 0 Å².